The van der Waals surface area contributed by atoms with Crippen molar-refractivity contribution in [3.63, 3.8) is 0 Å². The molecule has 0 aliphatic carbocycles. The van der Waals surface area contributed by atoms with Crippen LogP contribution in [0.1, 0.15) is 23.8 Å². The molecule has 0 aromatic carbocycles. The number of nitrogens with zero attached hydrogens (tertiary/aromatic N) is 2. The number of carbonyl (C=O) groups is 1. The van der Waals surface area contributed by atoms with Crippen molar-refractivity contribution < 1.29 is 9.53 Å². The van der Waals surface area contributed by atoms with Crippen molar-refractivity contribution in [2.24, 2.45) is 0 Å². The monoisotopic (exact) mass is 211 g/mol. The Hall–Kier alpha value is -1.36. The second-order valence-corrected chi connectivity index (χ2v) is 3.13. The third kappa shape index (κ3) is 3.36. The van der Waals surface area contributed by atoms with Crippen LogP contribution in [-0.2, 0) is 11.3 Å². The quantitative estimate of drug-likeness (QED) is 0.704. The maximum Gasteiger partial charge on any atom is 0.269 e. The molecule has 0 saturated heterocycles. The fraction of sp³-hybridized carbons (Fsp3) is 0.600. The first kappa shape index (κ1) is 11.7. The highest BCUT2D eigenvalue weighted by Crippen LogP contribution is 1.98. The lowest BCUT2D eigenvalue weighted by Crippen LogP contribution is -2.27. The number of carbonyl (C=O) groups excluding carboxylic acids is 1. The lowest BCUT2D eigenvalue weighted by atomic mass is 10.3. The zero-order chi connectivity index (χ0) is 11.1. The van der Waals surface area contributed by atoms with Gasteiger partial charge in [-0.05, 0) is 19.4 Å². The molecule has 0 spiro atoms. The molecule has 5 nitrogen and oxygen atoms in total. The number of methoxy groups -OCH3 is 1. The van der Waals surface area contributed by atoms with Crippen LogP contribution in [0.5, 0.6) is 0 Å². The summed E-state index contributed by atoms with van der Waals surface area (Å²) in [5.41, 5.74) is 0.606. The molecule has 1 N–H and O–H groups in total. The van der Waals surface area contributed by atoms with Gasteiger partial charge in [0.2, 0.25) is 0 Å². The number of hydrogen-bond acceptors (Lipinski definition) is 3. The van der Waals surface area contributed by atoms with Gasteiger partial charge in [0.1, 0.15) is 5.69 Å². The molecule has 0 aliphatic heterocycles. The summed E-state index contributed by atoms with van der Waals surface area (Å²) in [4.78, 5) is 11.6. The minimum absolute atomic E-state index is 0.0783. The first-order valence-corrected chi connectivity index (χ1v) is 5.08. The van der Waals surface area contributed by atoms with Gasteiger partial charge in [0.15, 0.2) is 0 Å². The van der Waals surface area contributed by atoms with Gasteiger partial charge in [-0.3, -0.25) is 9.48 Å². The van der Waals surface area contributed by atoms with Crippen molar-refractivity contribution in [1.82, 2.24) is 15.1 Å². The summed E-state index contributed by atoms with van der Waals surface area (Å²) in [6, 6.07) is 1.72. The number of hydrogen-bond donors (Lipinski definition) is 1. The van der Waals surface area contributed by atoms with E-state index in [1.807, 2.05) is 6.92 Å². The van der Waals surface area contributed by atoms with E-state index >= 15 is 0 Å². The van der Waals surface area contributed by atoms with Crippen LogP contribution in [0.3, 0.4) is 0 Å². The molecular weight excluding hydrogens is 194 g/mol. The number of nitrogens with one attached hydrogen (secondary N) is 1. The topological polar surface area (TPSA) is 56.2 Å². The van der Waals surface area contributed by atoms with Crippen LogP contribution >= 0.6 is 0 Å². The van der Waals surface area contributed by atoms with Crippen LogP contribution in [0, 0.1) is 0 Å². The molecule has 0 aliphatic rings. The van der Waals surface area contributed by atoms with Crippen molar-refractivity contribution in [3.05, 3.63) is 18.0 Å². The third-order valence-electron chi connectivity index (χ3n) is 2.06. The predicted molar refractivity (Wildman–Crippen MR) is 56.7 cm³/mol. The molecule has 1 rings (SSSR count). The smallest absolute Gasteiger partial charge is 0.269 e. The van der Waals surface area contributed by atoms with Gasteiger partial charge in [0.25, 0.3) is 5.91 Å². The molecule has 1 aromatic heterocycles. The number of ether oxygens (including phenoxy) is 1. The lowest BCUT2D eigenvalue weighted by Gasteiger charge is -2.06. The standard InChI is InChI=1S/C10H17N3O2/c1-3-13-9(5-7-12-13)10(14)11-6-4-8-15-2/h5,7H,3-4,6,8H2,1-2H3,(H,11,14). The lowest BCUT2D eigenvalue weighted by molar-refractivity contribution is 0.0938. The average molecular weight is 211 g/mol. The van der Waals surface area contributed by atoms with Crippen molar-refractivity contribution >= 4 is 5.91 Å². The fourth-order valence-electron chi connectivity index (χ4n) is 1.29. The maximum atomic E-state index is 11.6. The summed E-state index contributed by atoms with van der Waals surface area (Å²) in [6.45, 7) is 3.94. The van der Waals surface area contributed by atoms with Crippen LogP contribution in [0.15, 0.2) is 12.3 Å². The molecule has 0 unspecified atom stereocenters. The zero-order valence-corrected chi connectivity index (χ0v) is 9.19. The molecule has 84 valence electrons. The summed E-state index contributed by atoms with van der Waals surface area (Å²) < 4.78 is 6.56. The summed E-state index contributed by atoms with van der Waals surface area (Å²) in [5.74, 6) is -0.0783. The second kappa shape index (κ2) is 6.19. The third-order valence-corrected chi connectivity index (χ3v) is 2.06. The summed E-state index contributed by atoms with van der Waals surface area (Å²) in [7, 11) is 1.65. The minimum Gasteiger partial charge on any atom is -0.385 e. The van der Waals surface area contributed by atoms with Crippen LogP contribution < -0.4 is 5.32 Å². The Balaban J connectivity index is 2.40. The molecule has 0 radical (unpaired) electrons. The summed E-state index contributed by atoms with van der Waals surface area (Å²) >= 11 is 0. The van der Waals surface area contributed by atoms with Crippen LogP contribution in [-0.4, -0.2) is 35.9 Å². The maximum absolute atomic E-state index is 11.6. The van der Waals surface area contributed by atoms with Crippen LogP contribution in [0.2, 0.25) is 0 Å². The molecular formula is C10H17N3O2. The highest BCUT2D eigenvalue weighted by Gasteiger charge is 2.09. The number of amides is 1. The van der Waals surface area contributed by atoms with E-state index in [0.717, 1.165) is 6.42 Å². The molecule has 1 heterocycles. The molecule has 1 aromatic rings. The highest BCUT2D eigenvalue weighted by atomic mass is 16.5. The SMILES string of the molecule is CCn1nccc1C(=O)NCCCOC. The van der Waals surface area contributed by atoms with E-state index in [1.54, 1.807) is 24.1 Å². The Kier molecular flexibility index (Phi) is 4.83. The Morgan fingerprint density at radius 2 is 2.47 bits per heavy atom. The van der Waals surface area contributed by atoms with Crippen molar-refractivity contribution in [1.29, 1.82) is 0 Å². The van der Waals surface area contributed by atoms with Gasteiger partial charge in [-0.25, -0.2) is 0 Å². The highest BCUT2D eigenvalue weighted by molar-refractivity contribution is 5.92. The van der Waals surface area contributed by atoms with Gasteiger partial charge in [-0.1, -0.05) is 0 Å². The molecule has 0 atom stereocenters. The average Bonchev–Trinajstić information content (AvgIpc) is 2.72. The van der Waals surface area contributed by atoms with Crippen molar-refractivity contribution in [2.75, 3.05) is 20.3 Å². The van der Waals surface area contributed by atoms with Gasteiger partial charge in [0.05, 0.1) is 0 Å². The number of aromatic nitrogens is 2. The largest absolute Gasteiger partial charge is 0.385 e. The van der Waals surface area contributed by atoms with E-state index < -0.39 is 0 Å². The van der Waals surface area contributed by atoms with E-state index in [4.69, 9.17) is 4.74 Å². The minimum atomic E-state index is -0.0783. The first-order valence-electron chi connectivity index (χ1n) is 5.08. The van der Waals surface area contributed by atoms with Gasteiger partial charge < -0.3 is 10.1 Å². The van der Waals surface area contributed by atoms with Crippen molar-refractivity contribution in [2.45, 2.75) is 19.9 Å². The first-order chi connectivity index (χ1) is 7.29. The Labute approximate surface area is 89.4 Å². The van der Waals surface area contributed by atoms with E-state index in [2.05, 4.69) is 10.4 Å². The Morgan fingerprint density at radius 1 is 1.67 bits per heavy atom. The molecule has 0 fully saturated rings. The predicted octanol–water partition coefficient (Wildman–Crippen LogP) is 0.669. The Morgan fingerprint density at radius 3 is 3.13 bits per heavy atom. The molecule has 0 bridgehead atoms. The van der Waals surface area contributed by atoms with E-state index in [9.17, 15) is 4.79 Å². The molecule has 5 heteroatoms. The zero-order valence-electron chi connectivity index (χ0n) is 9.19. The van der Waals surface area contributed by atoms with Gasteiger partial charge in [-0.15, -0.1) is 0 Å². The van der Waals surface area contributed by atoms with E-state index in [1.165, 1.54) is 0 Å². The summed E-state index contributed by atoms with van der Waals surface area (Å²) in [6.07, 6.45) is 2.45. The fourth-order valence-corrected chi connectivity index (χ4v) is 1.29. The van der Waals surface area contributed by atoms with Gasteiger partial charge >= 0.3 is 0 Å². The van der Waals surface area contributed by atoms with E-state index in [0.29, 0.717) is 25.4 Å². The Bertz CT molecular complexity index is 309. The molecule has 15 heavy (non-hydrogen) atoms. The number of aryl methyl sites for hydroxylation is 1. The van der Waals surface area contributed by atoms with Crippen LogP contribution in [0.25, 0.3) is 0 Å². The second-order valence-electron chi connectivity index (χ2n) is 3.13. The molecule has 0 saturated carbocycles. The summed E-state index contributed by atoms with van der Waals surface area (Å²) in [5, 5.41) is 6.85. The van der Waals surface area contributed by atoms with E-state index in [-0.39, 0.29) is 5.91 Å². The van der Waals surface area contributed by atoms with Gasteiger partial charge in [-0.2, -0.15) is 5.10 Å². The van der Waals surface area contributed by atoms with Crippen LogP contribution in [0.4, 0.5) is 0 Å². The normalized spacial score (nSPS) is 10.3. The van der Waals surface area contributed by atoms with Crippen molar-refractivity contribution in [3.8, 4) is 0 Å². The number of rotatable bonds is 6. The molecule has 1 amide bonds. The van der Waals surface area contributed by atoms with Gasteiger partial charge in [0, 0.05) is 33.0 Å².